The molecule has 1 heterocycles. The number of benzene rings is 1. The Bertz CT molecular complexity index is 625. The maximum absolute atomic E-state index is 12.7. The number of carbonyl (C=O) groups is 2. The average molecular weight is 358 g/mol. The second-order valence-corrected chi connectivity index (χ2v) is 7.45. The molecule has 1 saturated carbocycles. The topological polar surface area (TPSA) is 49.9 Å². The van der Waals surface area contributed by atoms with Crippen LogP contribution in [0.3, 0.4) is 0 Å². The molecule has 1 aliphatic heterocycles. The number of hydrogen-bond donors (Lipinski definition) is 0. The largest absolute Gasteiger partial charge is 0.484 e. The van der Waals surface area contributed by atoms with Crippen molar-refractivity contribution in [2.24, 2.45) is 5.92 Å². The highest BCUT2D eigenvalue weighted by Gasteiger charge is 2.28. The van der Waals surface area contributed by atoms with Crippen molar-refractivity contribution < 1.29 is 14.3 Å². The predicted molar refractivity (Wildman–Crippen MR) is 101 cm³/mol. The summed E-state index contributed by atoms with van der Waals surface area (Å²) in [6.45, 7) is 4.74. The minimum absolute atomic E-state index is 0.000202. The summed E-state index contributed by atoms with van der Waals surface area (Å²) >= 11 is 0. The molecule has 0 bridgehead atoms. The molecule has 1 aliphatic carbocycles. The zero-order chi connectivity index (χ0) is 18.4. The lowest BCUT2D eigenvalue weighted by atomic mass is 9.88. The molecule has 0 atom stereocenters. The summed E-state index contributed by atoms with van der Waals surface area (Å²) in [4.78, 5) is 29.1. The van der Waals surface area contributed by atoms with Gasteiger partial charge in [-0.05, 0) is 37.8 Å². The second kappa shape index (κ2) is 9.06. The van der Waals surface area contributed by atoms with E-state index >= 15 is 0 Å². The number of aryl methyl sites for hydroxylation is 1. The summed E-state index contributed by atoms with van der Waals surface area (Å²) in [5.74, 6) is 1.26. The van der Waals surface area contributed by atoms with Crippen molar-refractivity contribution in [2.45, 2.75) is 45.4 Å². The van der Waals surface area contributed by atoms with E-state index in [0.29, 0.717) is 25.5 Å². The van der Waals surface area contributed by atoms with E-state index in [1.165, 1.54) is 19.3 Å². The highest BCUT2D eigenvalue weighted by Crippen LogP contribution is 2.26. The summed E-state index contributed by atoms with van der Waals surface area (Å²) in [6.07, 6.45) is 6.50. The van der Waals surface area contributed by atoms with Gasteiger partial charge in [0.25, 0.3) is 5.91 Å². The van der Waals surface area contributed by atoms with Crippen molar-refractivity contribution in [3.63, 3.8) is 0 Å². The van der Waals surface area contributed by atoms with Gasteiger partial charge in [-0.25, -0.2) is 0 Å². The van der Waals surface area contributed by atoms with Crippen molar-refractivity contribution >= 4 is 11.8 Å². The molecule has 2 amide bonds. The Morgan fingerprint density at radius 1 is 0.962 bits per heavy atom. The van der Waals surface area contributed by atoms with Gasteiger partial charge in [-0.1, -0.05) is 37.5 Å². The lowest BCUT2D eigenvalue weighted by molar-refractivity contribution is -0.137. The first kappa shape index (κ1) is 18.7. The molecule has 5 nitrogen and oxygen atoms in total. The van der Waals surface area contributed by atoms with E-state index in [2.05, 4.69) is 0 Å². The molecule has 26 heavy (non-hydrogen) atoms. The van der Waals surface area contributed by atoms with Crippen molar-refractivity contribution in [1.82, 2.24) is 9.80 Å². The Kier molecular flexibility index (Phi) is 6.53. The van der Waals surface area contributed by atoms with E-state index in [-0.39, 0.29) is 18.4 Å². The number of ether oxygens (including phenoxy) is 1. The smallest absolute Gasteiger partial charge is 0.260 e. The van der Waals surface area contributed by atoms with E-state index in [4.69, 9.17) is 4.74 Å². The SMILES string of the molecule is Cc1ccccc1OCC(=O)N1CCCN(C(=O)C2CCCCC2)CC1. The fraction of sp³-hybridized carbons (Fsp3) is 0.619. The minimum atomic E-state index is 0.000202. The zero-order valence-corrected chi connectivity index (χ0v) is 15.8. The lowest BCUT2D eigenvalue weighted by Gasteiger charge is -2.28. The zero-order valence-electron chi connectivity index (χ0n) is 15.8. The first-order chi connectivity index (χ1) is 12.6. The molecule has 0 aromatic heterocycles. The third-order valence-corrected chi connectivity index (χ3v) is 5.56. The maximum atomic E-state index is 12.7. The van der Waals surface area contributed by atoms with Crippen LogP contribution in [0.4, 0.5) is 0 Å². The Balaban J connectivity index is 1.49. The standard InChI is InChI=1S/C21H30N2O3/c1-17-8-5-6-11-19(17)26-16-20(24)22-12-7-13-23(15-14-22)21(25)18-9-3-2-4-10-18/h5-6,8,11,18H,2-4,7,9-10,12-16H2,1H3. The van der Waals surface area contributed by atoms with Gasteiger partial charge in [-0.3, -0.25) is 9.59 Å². The summed E-state index contributed by atoms with van der Waals surface area (Å²) in [5.41, 5.74) is 1.03. The van der Waals surface area contributed by atoms with Gasteiger partial charge in [-0.15, -0.1) is 0 Å². The molecule has 1 saturated heterocycles. The number of carbonyl (C=O) groups excluding carboxylic acids is 2. The predicted octanol–water partition coefficient (Wildman–Crippen LogP) is 3.02. The Hall–Kier alpha value is -2.04. The van der Waals surface area contributed by atoms with Crippen molar-refractivity contribution in [3.8, 4) is 5.75 Å². The molecule has 1 aromatic carbocycles. The molecule has 2 fully saturated rings. The third-order valence-electron chi connectivity index (χ3n) is 5.56. The fourth-order valence-electron chi connectivity index (χ4n) is 3.94. The van der Waals surface area contributed by atoms with E-state index in [1.807, 2.05) is 41.0 Å². The van der Waals surface area contributed by atoms with Gasteiger partial charge < -0.3 is 14.5 Å². The van der Waals surface area contributed by atoms with Crippen LogP contribution in [0.15, 0.2) is 24.3 Å². The molecule has 0 radical (unpaired) electrons. The number of amides is 2. The third kappa shape index (κ3) is 4.77. The molecule has 0 unspecified atom stereocenters. The molecule has 0 N–H and O–H groups in total. The van der Waals surface area contributed by atoms with Crippen LogP contribution in [0, 0.1) is 12.8 Å². The number of rotatable bonds is 4. The van der Waals surface area contributed by atoms with Gasteiger partial charge in [0.1, 0.15) is 5.75 Å². The van der Waals surface area contributed by atoms with Crippen LogP contribution >= 0.6 is 0 Å². The first-order valence-electron chi connectivity index (χ1n) is 9.90. The van der Waals surface area contributed by atoms with Gasteiger partial charge in [0.15, 0.2) is 6.61 Å². The number of nitrogens with zero attached hydrogens (tertiary/aromatic N) is 2. The summed E-state index contributed by atoms with van der Waals surface area (Å²) < 4.78 is 5.69. The van der Waals surface area contributed by atoms with Gasteiger partial charge in [-0.2, -0.15) is 0 Å². The van der Waals surface area contributed by atoms with Crippen LogP contribution in [0.2, 0.25) is 0 Å². The highest BCUT2D eigenvalue weighted by atomic mass is 16.5. The minimum Gasteiger partial charge on any atom is -0.484 e. The fourth-order valence-corrected chi connectivity index (χ4v) is 3.94. The normalized spacial score (nSPS) is 19.1. The summed E-state index contributed by atoms with van der Waals surface area (Å²) in [5, 5.41) is 0. The first-order valence-corrected chi connectivity index (χ1v) is 9.90. The summed E-state index contributed by atoms with van der Waals surface area (Å²) in [7, 11) is 0. The van der Waals surface area contributed by atoms with E-state index < -0.39 is 0 Å². The molecule has 0 spiro atoms. The monoisotopic (exact) mass is 358 g/mol. The van der Waals surface area contributed by atoms with Gasteiger partial charge in [0.05, 0.1) is 0 Å². The van der Waals surface area contributed by atoms with Gasteiger partial charge >= 0.3 is 0 Å². The quantitative estimate of drug-likeness (QED) is 0.831. The Morgan fingerprint density at radius 3 is 2.42 bits per heavy atom. The maximum Gasteiger partial charge on any atom is 0.260 e. The van der Waals surface area contributed by atoms with Crippen LogP contribution in [-0.4, -0.2) is 54.4 Å². The molecule has 5 heteroatoms. The Morgan fingerprint density at radius 2 is 1.65 bits per heavy atom. The van der Waals surface area contributed by atoms with Crippen LogP contribution in [0.5, 0.6) is 5.75 Å². The molecule has 142 valence electrons. The van der Waals surface area contributed by atoms with Gasteiger partial charge in [0.2, 0.25) is 5.91 Å². The van der Waals surface area contributed by atoms with E-state index in [0.717, 1.165) is 37.1 Å². The highest BCUT2D eigenvalue weighted by molar-refractivity contribution is 5.80. The molecule has 2 aliphatic rings. The number of para-hydroxylation sites is 1. The second-order valence-electron chi connectivity index (χ2n) is 7.45. The average Bonchev–Trinajstić information content (AvgIpc) is 2.93. The Labute approximate surface area is 156 Å². The van der Waals surface area contributed by atoms with Crippen LogP contribution in [0.25, 0.3) is 0 Å². The molecular formula is C21H30N2O3. The van der Waals surface area contributed by atoms with Crippen LogP contribution in [0.1, 0.15) is 44.1 Å². The van der Waals surface area contributed by atoms with Gasteiger partial charge in [0, 0.05) is 32.1 Å². The van der Waals surface area contributed by atoms with Crippen LogP contribution < -0.4 is 4.74 Å². The van der Waals surface area contributed by atoms with E-state index in [1.54, 1.807) is 0 Å². The number of hydrogen-bond acceptors (Lipinski definition) is 3. The molecular weight excluding hydrogens is 328 g/mol. The lowest BCUT2D eigenvalue weighted by Crippen LogP contribution is -2.41. The van der Waals surface area contributed by atoms with E-state index in [9.17, 15) is 9.59 Å². The summed E-state index contributed by atoms with van der Waals surface area (Å²) in [6, 6.07) is 7.72. The van der Waals surface area contributed by atoms with Crippen molar-refractivity contribution in [3.05, 3.63) is 29.8 Å². The van der Waals surface area contributed by atoms with Crippen molar-refractivity contribution in [2.75, 3.05) is 32.8 Å². The van der Waals surface area contributed by atoms with Crippen LogP contribution in [-0.2, 0) is 9.59 Å². The van der Waals surface area contributed by atoms with Crippen molar-refractivity contribution in [1.29, 1.82) is 0 Å². The molecule has 1 aromatic rings. The molecule has 3 rings (SSSR count).